The highest BCUT2D eigenvalue weighted by Gasteiger charge is 2.19. The molecule has 0 spiro atoms. The maximum Gasteiger partial charge on any atom is 0.241 e. The zero-order valence-corrected chi connectivity index (χ0v) is 16.0. The topological polar surface area (TPSA) is 50.8 Å². The Hall–Kier alpha value is -2.53. The van der Waals surface area contributed by atoms with Gasteiger partial charge in [-0.25, -0.2) is 0 Å². The number of hydrogen-bond acceptors (Lipinski definition) is 4. The van der Waals surface area contributed by atoms with Crippen LogP contribution in [-0.2, 0) is 11.2 Å². The summed E-state index contributed by atoms with van der Waals surface area (Å²) in [4.78, 5) is 14.6. The number of ether oxygens (including phenoxy) is 2. The van der Waals surface area contributed by atoms with Crippen LogP contribution in [0.5, 0.6) is 11.5 Å². The number of carbonyl (C=O) groups excluding carboxylic acids is 1. The van der Waals surface area contributed by atoms with Gasteiger partial charge < -0.3 is 14.8 Å². The normalized spacial score (nSPS) is 11.9. The minimum atomic E-state index is -0.264. The predicted octanol–water partition coefficient (Wildman–Crippen LogP) is 3.60. The van der Waals surface area contributed by atoms with Gasteiger partial charge in [-0.3, -0.25) is 9.69 Å². The average molecular weight is 356 g/mol. The van der Waals surface area contributed by atoms with Crippen molar-refractivity contribution < 1.29 is 14.3 Å². The molecule has 1 atom stereocenters. The number of rotatable bonds is 9. The number of para-hydroxylation sites is 3. The van der Waals surface area contributed by atoms with Gasteiger partial charge in [-0.2, -0.15) is 0 Å². The Morgan fingerprint density at radius 2 is 1.77 bits per heavy atom. The van der Waals surface area contributed by atoms with Crippen molar-refractivity contribution in [2.75, 3.05) is 32.6 Å². The minimum Gasteiger partial charge on any atom is -0.496 e. The van der Waals surface area contributed by atoms with Crippen LogP contribution in [0.25, 0.3) is 0 Å². The average Bonchev–Trinajstić information content (AvgIpc) is 2.67. The molecule has 26 heavy (non-hydrogen) atoms. The summed E-state index contributed by atoms with van der Waals surface area (Å²) in [6.45, 7) is 5.14. The molecule has 2 aromatic carbocycles. The summed E-state index contributed by atoms with van der Waals surface area (Å²) in [7, 11) is 3.63. The Morgan fingerprint density at radius 1 is 1.12 bits per heavy atom. The van der Waals surface area contributed by atoms with Crippen molar-refractivity contribution in [2.45, 2.75) is 26.3 Å². The van der Waals surface area contributed by atoms with Gasteiger partial charge in [-0.05, 0) is 51.1 Å². The van der Waals surface area contributed by atoms with E-state index in [1.54, 1.807) is 7.11 Å². The molecule has 1 N–H and O–H groups in total. The van der Waals surface area contributed by atoms with Crippen LogP contribution in [0.2, 0.25) is 0 Å². The lowest BCUT2D eigenvalue weighted by Crippen LogP contribution is -2.40. The van der Waals surface area contributed by atoms with E-state index in [2.05, 4.69) is 11.4 Å². The summed E-state index contributed by atoms with van der Waals surface area (Å²) in [5.41, 5.74) is 1.83. The van der Waals surface area contributed by atoms with Crippen molar-refractivity contribution >= 4 is 11.6 Å². The highest BCUT2D eigenvalue weighted by molar-refractivity contribution is 5.95. The fourth-order valence-electron chi connectivity index (χ4n) is 2.69. The molecule has 1 amide bonds. The van der Waals surface area contributed by atoms with Gasteiger partial charge in [-0.15, -0.1) is 0 Å². The van der Waals surface area contributed by atoms with Crippen molar-refractivity contribution in [3.05, 3.63) is 54.1 Å². The van der Waals surface area contributed by atoms with Crippen LogP contribution in [0.15, 0.2) is 48.5 Å². The summed E-state index contributed by atoms with van der Waals surface area (Å²) < 4.78 is 11.0. The van der Waals surface area contributed by atoms with Gasteiger partial charge >= 0.3 is 0 Å². The van der Waals surface area contributed by atoms with E-state index in [1.165, 1.54) is 0 Å². The molecule has 0 aromatic heterocycles. The third kappa shape index (κ3) is 5.23. The van der Waals surface area contributed by atoms with Gasteiger partial charge in [0.15, 0.2) is 0 Å². The molecule has 140 valence electrons. The van der Waals surface area contributed by atoms with Crippen molar-refractivity contribution in [3.8, 4) is 11.5 Å². The Morgan fingerprint density at radius 3 is 2.46 bits per heavy atom. The van der Waals surface area contributed by atoms with E-state index in [4.69, 9.17) is 9.47 Å². The van der Waals surface area contributed by atoms with Crippen molar-refractivity contribution in [2.24, 2.45) is 0 Å². The summed E-state index contributed by atoms with van der Waals surface area (Å²) >= 11 is 0. The maximum absolute atomic E-state index is 12.6. The number of benzene rings is 2. The Balaban J connectivity index is 1.95. The molecule has 0 heterocycles. The molecule has 2 rings (SSSR count). The van der Waals surface area contributed by atoms with Crippen LogP contribution in [-0.4, -0.2) is 44.2 Å². The molecule has 0 saturated heterocycles. The molecule has 0 fully saturated rings. The highest BCUT2D eigenvalue weighted by Crippen LogP contribution is 2.24. The predicted molar refractivity (Wildman–Crippen MR) is 105 cm³/mol. The smallest absolute Gasteiger partial charge is 0.241 e. The van der Waals surface area contributed by atoms with Gasteiger partial charge in [-0.1, -0.05) is 30.3 Å². The Bertz CT molecular complexity index is 718. The zero-order chi connectivity index (χ0) is 18.9. The molecule has 0 aliphatic heterocycles. The Labute approximate surface area is 155 Å². The number of anilines is 1. The van der Waals surface area contributed by atoms with Gasteiger partial charge in [0.05, 0.1) is 25.4 Å². The van der Waals surface area contributed by atoms with Crippen molar-refractivity contribution in [1.82, 2.24) is 4.90 Å². The quantitative estimate of drug-likeness (QED) is 0.746. The molecule has 0 bridgehead atoms. The number of methoxy groups -OCH3 is 1. The van der Waals surface area contributed by atoms with Gasteiger partial charge in [0.1, 0.15) is 11.5 Å². The molecular weight excluding hydrogens is 328 g/mol. The van der Waals surface area contributed by atoms with E-state index in [0.29, 0.717) is 18.0 Å². The number of nitrogens with zero attached hydrogens (tertiary/aromatic N) is 1. The summed E-state index contributed by atoms with van der Waals surface area (Å²) in [5, 5.41) is 2.97. The number of likely N-dealkylation sites (N-methyl/N-ethyl adjacent to an activating group) is 1. The largest absolute Gasteiger partial charge is 0.496 e. The van der Waals surface area contributed by atoms with E-state index in [-0.39, 0.29) is 11.9 Å². The first-order valence-corrected chi connectivity index (χ1v) is 8.91. The monoisotopic (exact) mass is 356 g/mol. The summed E-state index contributed by atoms with van der Waals surface area (Å²) in [6.07, 6.45) is 0.813. The van der Waals surface area contributed by atoms with Crippen LogP contribution in [0.4, 0.5) is 5.69 Å². The molecule has 0 saturated carbocycles. The lowest BCUT2D eigenvalue weighted by atomic mass is 10.1. The van der Waals surface area contributed by atoms with E-state index < -0.39 is 0 Å². The molecule has 0 aliphatic rings. The van der Waals surface area contributed by atoms with E-state index in [1.807, 2.05) is 68.3 Å². The second-order valence-corrected chi connectivity index (χ2v) is 6.14. The van der Waals surface area contributed by atoms with Crippen molar-refractivity contribution in [1.29, 1.82) is 0 Å². The highest BCUT2D eigenvalue weighted by atomic mass is 16.5. The molecule has 5 nitrogen and oxygen atoms in total. The number of nitrogens with one attached hydrogen (secondary N) is 1. The van der Waals surface area contributed by atoms with Gasteiger partial charge in [0.25, 0.3) is 0 Å². The molecule has 2 aromatic rings. The molecular formula is C21H28N2O3. The molecule has 0 aliphatic carbocycles. The standard InChI is InChI=1S/C21H28N2O3/c1-5-26-20-13-9-7-11-18(20)22-21(24)16(2)23(3)15-14-17-10-6-8-12-19(17)25-4/h6-13,16H,5,14-15H2,1-4H3,(H,22,24). The third-order valence-corrected chi connectivity index (χ3v) is 4.41. The van der Waals surface area contributed by atoms with Crippen LogP contribution >= 0.6 is 0 Å². The molecule has 0 radical (unpaired) electrons. The van der Waals surface area contributed by atoms with Crippen molar-refractivity contribution in [3.63, 3.8) is 0 Å². The van der Waals surface area contributed by atoms with Crippen LogP contribution in [0, 0.1) is 0 Å². The maximum atomic E-state index is 12.6. The van der Waals surface area contributed by atoms with Crippen LogP contribution in [0.1, 0.15) is 19.4 Å². The second-order valence-electron chi connectivity index (χ2n) is 6.14. The second kappa shape index (κ2) is 9.82. The number of carbonyl (C=O) groups is 1. The SMILES string of the molecule is CCOc1ccccc1NC(=O)C(C)N(C)CCc1ccccc1OC. The van der Waals surface area contributed by atoms with Crippen LogP contribution in [0.3, 0.4) is 0 Å². The molecule has 5 heteroatoms. The van der Waals surface area contributed by atoms with E-state index >= 15 is 0 Å². The zero-order valence-electron chi connectivity index (χ0n) is 16.0. The lowest BCUT2D eigenvalue weighted by molar-refractivity contribution is -0.120. The number of hydrogen-bond donors (Lipinski definition) is 1. The minimum absolute atomic E-state index is 0.0559. The first-order valence-electron chi connectivity index (χ1n) is 8.91. The molecule has 1 unspecified atom stereocenters. The fourth-order valence-corrected chi connectivity index (χ4v) is 2.69. The summed E-state index contributed by atoms with van der Waals surface area (Å²) in [6, 6.07) is 15.2. The fraction of sp³-hybridized carbons (Fsp3) is 0.381. The lowest BCUT2D eigenvalue weighted by Gasteiger charge is -2.24. The van der Waals surface area contributed by atoms with Gasteiger partial charge in [0.2, 0.25) is 5.91 Å². The Kier molecular flexibility index (Phi) is 7.48. The first kappa shape index (κ1) is 19.8. The van der Waals surface area contributed by atoms with E-state index in [9.17, 15) is 4.79 Å². The first-order chi connectivity index (χ1) is 12.6. The summed E-state index contributed by atoms with van der Waals surface area (Å²) in [5.74, 6) is 1.51. The third-order valence-electron chi connectivity index (χ3n) is 4.41. The number of amides is 1. The van der Waals surface area contributed by atoms with E-state index in [0.717, 1.165) is 24.3 Å². The van der Waals surface area contributed by atoms with Gasteiger partial charge in [0, 0.05) is 6.54 Å². The van der Waals surface area contributed by atoms with Crippen LogP contribution < -0.4 is 14.8 Å².